The van der Waals surface area contributed by atoms with Crippen LogP contribution in [0.2, 0.25) is 0 Å². The van der Waals surface area contributed by atoms with Crippen molar-refractivity contribution in [3.63, 3.8) is 0 Å². The molecular weight excluding hydrogens is 473 g/mol. The maximum Gasteiger partial charge on any atom is 0.325 e. The van der Waals surface area contributed by atoms with Crippen LogP contribution in [0.25, 0.3) is 0 Å². The zero-order valence-corrected chi connectivity index (χ0v) is 21.5. The number of nitrogens with zero attached hydrogens (tertiary/aromatic N) is 2. The van der Waals surface area contributed by atoms with Gasteiger partial charge in [-0.3, -0.25) is 9.69 Å². The topological polar surface area (TPSA) is 83.9 Å². The fraction of sp³-hybridized carbons (Fsp3) is 0.586. The average molecular weight is 512 g/mol. The van der Waals surface area contributed by atoms with Crippen molar-refractivity contribution in [2.75, 3.05) is 38.2 Å². The van der Waals surface area contributed by atoms with Crippen molar-refractivity contribution in [1.82, 2.24) is 9.88 Å². The fourth-order valence-electron chi connectivity index (χ4n) is 5.85. The van der Waals surface area contributed by atoms with Gasteiger partial charge in [0.25, 0.3) is 0 Å². The molecule has 0 spiro atoms. The quantitative estimate of drug-likeness (QED) is 0.408. The highest BCUT2D eigenvalue weighted by atomic mass is 19.1. The first-order valence-electron chi connectivity index (χ1n) is 13.8. The lowest BCUT2D eigenvalue weighted by Gasteiger charge is -2.28. The van der Waals surface area contributed by atoms with Gasteiger partial charge in [0.15, 0.2) is 0 Å². The van der Waals surface area contributed by atoms with Crippen molar-refractivity contribution in [1.29, 1.82) is 0 Å². The predicted molar refractivity (Wildman–Crippen MR) is 139 cm³/mol. The number of halogens is 1. The lowest BCUT2D eigenvalue weighted by molar-refractivity contribution is -0.143. The zero-order valence-electron chi connectivity index (χ0n) is 21.5. The summed E-state index contributed by atoms with van der Waals surface area (Å²) in [7, 11) is 0. The first-order chi connectivity index (χ1) is 18.1. The largest absolute Gasteiger partial charge is 0.480 e. The number of rotatable bonds is 11. The first kappa shape index (κ1) is 26.1. The van der Waals surface area contributed by atoms with Gasteiger partial charge < -0.3 is 19.9 Å². The summed E-state index contributed by atoms with van der Waals surface area (Å²) in [5, 5.41) is 13.5. The van der Waals surface area contributed by atoms with Gasteiger partial charge in [-0.2, -0.15) is 0 Å². The molecule has 3 atom stereocenters. The number of aryl methyl sites for hydroxylation is 2. The number of unbranched alkanes of at least 4 members (excludes halogenated alkanes) is 2. The number of carbonyl (C=O) groups is 1. The van der Waals surface area contributed by atoms with Gasteiger partial charge in [0.05, 0.1) is 12.2 Å². The van der Waals surface area contributed by atoms with Crippen LogP contribution in [0.3, 0.4) is 0 Å². The molecule has 3 aliphatic rings. The van der Waals surface area contributed by atoms with Crippen molar-refractivity contribution in [2.45, 2.75) is 76.0 Å². The van der Waals surface area contributed by atoms with Crippen LogP contribution in [0.5, 0.6) is 0 Å². The number of hydrogen-bond acceptors (Lipinski definition) is 6. The van der Waals surface area contributed by atoms with Crippen LogP contribution in [-0.4, -0.2) is 59.9 Å². The SMILES string of the molecule is O=C(O)[C@H](c1cc(F)ccc1[C@H]1CCCO1)N1CC[C@@H](OCCCCCc2ccc3c(n2)NCCC3)C1. The number of pyridine rings is 1. The second-order valence-electron chi connectivity index (χ2n) is 10.4. The summed E-state index contributed by atoms with van der Waals surface area (Å²) < 4.78 is 26.1. The minimum Gasteiger partial charge on any atom is -0.480 e. The second kappa shape index (κ2) is 12.3. The van der Waals surface area contributed by atoms with E-state index in [-0.39, 0.29) is 12.2 Å². The molecule has 2 N–H and O–H groups in total. The summed E-state index contributed by atoms with van der Waals surface area (Å²) in [4.78, 5) is 19.0. The van der Waals surface area contributed by atoms with Crippen molar-refractivity contribution >= 4 is 11.8 Å². The fourth-order valence-corrected chi connectivity index (χ4v) is 5.85. The number of ether oxygens (including phenoxy) is 2. The van der Waals surface area contributed by atoms with E-state index in [4.69, 9.17) is 14.5 Å². The van der Waals surface area contributed by atoms with E-state index in [1.807, 2.05) is 4.90 Å². The summed E-state index contributed by atoms with van der Waals surface area (Å²) in [6.45, 7) is 3.47. The molecule has 7 nitrogen and oxygen atoms in total. The molecule has 200 valence electrons. The van der Waals surface area contributed by atoms with E-state index in [9.17, 15) is 14.3 Å². The third kappa shape index (κ3) is 6.48. The standard InChI is InChI=1S/C29H38FN3O4/c30-21-10-12-24(26-8-5-17-37-26)25(18-21)27(29(34)35)33-15-13-23(19-33)36-16-3-1-2-7-22-11-9-20-6-4-14-31-28(20)32-22/h9-12,18,23,26-27H,1-8,13-17,19H2,(H,31,32)(H,34,35)/t23-,26-,27+/m1/s1. The molecule has 0 aliphatic carbocycles. The molecule has 5 rings (SSSR count). The van der Waals surface area contributed by atoms with Crippen molar-refractivity contribution in [2.24, 2.45) is 0 Å². The number of anilines is 1. The van der Waals surface area contributed by atoms with E-state index in [1.54, 1.807) is 6.07 Å². The average Bonchev–Trinajstić information content (AvgIpc) is 3.59. The van der Waals surface area contributed by atoms with Gasteiger partial charge in [-0.25, -0.2) is 9.37 Å². The Morgan fingerprint density at radius 2 is 2.14 bits per heavy atom. The predicted octanol–water partition coefficient (Wildman–Crippen LogP) is 5.06. The smallest absolute Gasteiger partial charge is 0.325 e. The molecule has 1 aromatic heterocycles. The van der Waals surface area contributed by atoms with E-state index in [0.717, 1.165) is 75.0 Å². The van der Waals surface area contributed by atoms with Crippen LogP contribution in [0.4, 0.5) is 10.2 Å². The van der Waals surface area contributed by atoms with E-state index in [1.165, 1.54) is 24.1 Å². The molecule has 0 amide bonds. The monoisotopic (exact) mass is 511 g/mol. The van der Waals surface area contributed by atoms with E-state index in [0.29, 0.717) is 31.9 Å². The molecule has 1 aromatic carbocycles. The number of fused-ring (bicyclic) bond motifs is 1. The third-order valence-corrected chi connectivity index (χ3v) is 7.78. The van der Waals surface area contributed by atoms with Gasteiger partial charge >= 0.3 is 5.97 Å². The first-order valence-corrected chi connectivity index (χ1v) is 13.8. The number of likely N-dealkylation sites (tertiary alicyclic amines) is 1. The number of carboxylic acids is 1. The molecule has 2 saturated heterocycles. The Balaban J connectivity index is 1.08. The highest BCUT2D eigenvalue weighted by Gasteiger charge is 2.37. The van der Waals surface area contributed by atoms with Gasteiger partial charge in [0.2, 0.25) is 0 Å². The summed E-state index contributed by atoms with van der Waals surface area (Å²) >= 11 is 0. The maximum absolute atomic E-state index is 14.2. The lowest BCUT2D eigenvalue weighted by atomic mass is 9.94. The van der Waals surface area contributed by atoms with Gasteiger partial charge in [-0.15, -0.1) is 0 Å². The van der Waals surface area contributed by atoms with E-state index in [2.05, 4.69) is 17.4 Å². The molecule has 3 aliphatic heterocycles. The van der Waals surface area contributed by atoms with E-state index < -0.39 is 17.8 Å². The summed E-state index contributed by atoms with van der Waals surface area (Å²) in [6, 6.07) is 7.91. The molecule has 0 saturated carbocycles. The number of carboxylic acid groups (broad SMARTS) is 1. The molecule has 8 heteroatoms. The Hall–Kier alpha value is -2.55. The number of aromatic nitrogens is 1. The number of hydrogen-bond donors (Lipinski definition) is 2. The third-order valence-electron chi connectivity index (χ3n) is 7.78. The van der Waals surface area contributed by atoms with Crippen molar-refractivity contribution in [3.05, 3.63) is 58.5 Å². The molecule has 2 aromatic rings. The number of nitrogens with one attached hydrogen (secondary N) is 1. The highest BCUT2D eigenvalue weighted by Crippen LogP contribution is 2.37. The second-order valence-corrected chi connectivity index (χ2v) is 10.4. The van der Waals surface area contributed by atoms with Crippen LogP contribution in [0.15, 0.2) is 30.3 Å². The Kier molecular flexibility index (Phi) is 8.69. The summed E-state index contributed by atoms with van der Waals surface area (Å²) in [5.74, 6) is -0.327. The Morgan fingerprint density at radius 3 is 2.97 bits per heavy atom. The zero-order chi connectivity index (χ0) is 25.6. The molecule has 37 heavy (non-hydrogen) atoms. The van der Waals surface area contributed by atoms with Crippen LogP contribution in [0, 0.1) is 5.82 Å². The highest BCUT2D eigenvalue weighted by molar-refractivity contribution is 5.76. The van der Waals surface area contributed by atoms with Gasteiger partial charge in [-0.1, -0.05) is 18.6 Å². The van der Waals surface area contributed by atoms with Crippen LogP contribution in [0.1, 0.15) is 79.5 Å². The number of aliphatic carboxylic acids is 1. The molecular formula is C29H38FN3O4. The van der Waals surface area contributed by atoms with Crippen LogP contribution < -0.4 is 5.32 Å². The summed E-state index contributed by atoms with van der Waals surface area (Å²) in [6.07, 6.45) is 8.71. The molecule has 0 unspecified atom stereocenters. The Bertz CT molecular complexity index is 1080. The van der Waals surface area contributed by atoms with Gasteiger partial charge in [0.1, 0.15) is 17.7 Å². The molecule has 4 heterocycles. The van der Waals surface area contributed by atoms with Crippen LogP contribution >= 0.6 is 0 Å². The Morgan fingerprint density at radius 1 is 1.22 bits per heavy atom. The normalized spacial score (nSPS) is 22.5. The van der Waals surface area contributed by atoms with Gasteiger partial charge in [-0.05, 0) is 86.3 Å². The van der Waals surface area contributed by atoms with Crippen LogP contribution in [-0.2, 0) is 27.1 Å². The molecule has 0 radical (unpaired) electrons. The van der Waals surface area contributed by atoms with Crippen molar-refractivity contribution in [3.8, 4) is 0 Å². The summed E-state index contributed by atoms with van der Waals surface area (Å²) in [5.41, 5.74) is 3.76. The minimum atomic E-state index is -0.962. The number of benzene rings is 1. The minimum absolute atomic E-state index is 0.00465. The lowest BCUT2D eigenvalue weighted by Crippen LogP contribution is -2.34. The van der Waals surface area contributed by atoms with E-state index >= 15 is 0 Å². The maximum atomic E-state index is 14.2. The van der Waals surface area contributed by atoms with Crippen molar-refractivity contribution < 1.29 is 23.8 Å². The van der Waals surface area contributed by atoms with Gasteiger partial charge in [0, 0.05) is 38.5 Å². The molecule has 2 fully saturated rings. The molecule has 0 bridgehead atoms. The Labute approximate surface area is 218 Å².